The molecule has 3 rings (SSSR count). The zero-order valence-corrected chi connectivity index (χ0v) is 12.4. The van der Waals surface area contributed by atoms with E-state index in [2.05, 4.69) is 54.4 Å². The van der Waals surface area contributed by atoms with Crippen molar-refractivity contribution in [2.45, 2.75) is 26.8 Å². The van der Waals surface area contributed by atoms with E-state index in [1.165, 1.54) is 22.4 Å². The fraction of sp³-hybridized carbons (Fsp3) is 0.353. The van der Waals surface area contributed by atoms with E-state index in [0.717, 1.165) is 31.0 Å². The van der Waals surface area contributed by atoms with Crippen LogP contribution in [0.15, 0.2) is 30.3 Å². The van der Waals surface area contributed by atoms with Crippen molar-refractivity contribution >= 4 is 11.5 Å². The summed E-state index contributed by atoms with van der Waals surface area (Å²) < 4.78 is 0. The molecule has 20 heavy (non-hydrogen) atoms. The molecule has 0 radical (unpaired) electrons. The molecule has 0 fully saturated rings. The lowest BCUT2D eigenvalue weighted by Gasteiger charge is -2.23. The molecular formula is C17H21N3. The van der Waals surface area contributed by atoms with Crippen LogP contribution in [0.25, 0.3) is 0 Å². The number of nitrogens with zero attached hydrogens (tertiary/aromatic N) is 2. The quantitative estimate of drug-likeness (QED) is 0.926. The largest absolute Gasteiger partial charge is 0.326 e. The average Bonchev–Trinajstić information content (AvgIpc) is 2.85. The van der Waals surface area contributed by atoms with Gasteiger partial charge < -0.3 is 10.2 Å². The molecule has 1 aliphatic rings. The Balaban J connectivity index is 2.11. The van der Waals surface area contributed by atoms with Crippen molar-refractivity contribution < 1.29 is 0 Å². The second-order valence-corrected chi connectivity index (χ2v) is 5.44. The van der Waals surface area contributed by atoms with E-state index in [1.807, 2.05) is 7.05 Å². The molecule has 0 bridgehead atoms. The lowest BCUT2D eigenvalue weighted by atomic mass is 10.1. The topological polar surface area (TPSA) is 28.2 Å². The van der Waals surface area contributed by atoms with Crippen molar-refractivity contribution in [1.29, 1.82) is 0 Å². The second kappa shape index (κ2) is 5.25. The predicted molar refractivity (Wildman–Crippen MR) is 83.6 cm³/mol. The van der Waals surface area contributed by atoms with E-state index < -0.39 is 0 Å². The molecule has 3 heteroatoms. The first-order chi connectivity index (χ1) is 9.70. The third kappa shape index (κ3) is 2.18. The summed E-state index contributed by atoms with van der Waals surface area (Å²) in [7, 11) is 1.99. The summed E-state index contributed by atoms with van der Waals surface area (Å²) in [5, 5.41) is 3.27. The molecule has 0 atom stereocenters. The monoisotopic (exact) mass is 267 g/mol. The predicted octanol–water partition coefficient (Wildman–Crippen LogP) is 3.11. The van der Waals surface area contributed by atoms with E-state index in [1.54, 1.807) is 0 Å². The van der Waals surface area contributed by atoms with Gasteiger partial charge in [0.25, 0.3) is 0 Å². The summed E-state index contributed by atoms with van der Waals surface area (Å²) in [6.07, 6.45) is 1.10. The smallest absolute Gasteiger partial charge is 0.138 e. The average molecular weight is 267 g/mol. The zero-order chi connectivity index (χ0) is 14.1. The number of anilines is 2. The Labute approximate surface area is 120 Å². The van der Waals surface area contributed by atoms with E-state index >= 15 is 0 Å². The molecule has 0 saturated heterocycles. The van der Waals surface area contributed by atoms with Crippen LogP contribution in [-0.4, -0.2) is 18.6 Å². The molecule has 1 aliphatic heterocycles. The normalized spacial score (nSPS) is 13.7. The number of para-hydroxylation sites is 1. The van der Waals surface area contributed by atoms with Crippen LogP contribution in [0.4, 0.5) is 11.5 Å². The highest BCUT2D eigenvalue weighted by atomic mass is 15.2. The lowest BCUT2D eigenvalue weighted by Crippen LogP contribution is -2.20. The van der Waals surface area contributed by atoms with Crippen molar-refractivity contribution in [3.8, 4) is 0 Å². The lowest BCUT2D eigenvalue weighted by molar-refractivity contribution is 0.798. The number of nitrogens with one attached hydrogen (secondary N) is 1. The molecular weight excluding hydrogens is 246 g/mol. The summed E-state index contributed by atoms with van der Waals surface area (Å²) in [5.41, 5.74) is 6.42. The zero-order valence-electron chi connectivity index (χ0n) is 12.4. The first-order valence-corrected chi connectivity index (χ1v) is 7.18. The van der Waals surface area contributed by atoms with Gasteiger partial charge >= 0.3 is 0 Å². The maximum atomic E-state index is 4.82. The van der Waals surface area contributed by atoms with Gasteiger partial charge in [0, 0.05) is 30.0 Å². The first kappa shape index (κ1) is 13.1. The molecule has 3 nitrogen and oxygen atoms in total. The molecule has 0 aliphatic carbocycles. The van der Waals surface area contributed by atoms with Gasteiger partial charge in [-0.2, -0.15) is 0 Å². The Morgan fingerprint density at radius 1 is 1.25 bits per heavy atom. The van der Waals surface area contributed by atoms with E-state index in [9.17, 15) is 0 Å². The second-order valence-electron chi connectivity index (χ2n) is 5.44. The molecule has 0 saturated carbocycles. The highest BCUT2D eigenvalue weighted by Crippen LogP contribution is 2.36. The van der Waals surface area contributed by atoms with Crippen molar-refractivity contribution in [3.63, 3.8) is 0 Å². The van der Waals surface area contributed by atoms with Crippen LogP contribution >= 0.6 is 0 Å². The van der Waals surface area contributed by atoms with Gasteiger partial charge in [-0.25, -0.2) is 4.98 Å². The highest BCUT2D eigenvalue weighted by Gasteiger charge is 2.23. The minimum Gasteiger partial charge on any atom is -0.326 e. The molecule has 0 unspecified atom stereocenters. The van der Waals surface area contributed by atoms with Gasteiger partial charge in [-0.3, -0.25) is 0 Å². The fourth-order valence-electron chi connectivity index (χ4n) is 3.02. The van der Waals surface area contributed by atoms with Crippen LogP contribution in [-0.2, 0) is 13.0 Å². The minimum absolute atomic E-state index is 0.854. The molecule has 2 aromatic rings. The van der Waals surface area contributed by atoms with Crippen LogP contribution in [0.1, 0.15) is 22.4 Å². The molecule has 2 heterocycles. The Hall–Kier alpha value is -1.87. The van der Waals surface area contributed by atoms with Crippen LogP contribution in [0.5, 0.6) is 0 Å². The molecule has 1 N–H and O–H groups in total. The number of pyridine rings is 1. The summed E-state index contributed by atoms with van der Waals surface area (Å²) in [5.74, 6) is 1.11. The Bertz CT molecular complexity index is 634. The van der Waals surface area contributed by atoms with Gasteiger partial charge in [-0.15, -0.1) is 0 Å². The van der Waals surface area contributed by atoms with Crippen LogP contribution in [0.2, 0.25) is 0 Å². The fourth-order valence-corrected chi connectivity index (χ4v) is 3.02. The van der Waals surface area contributed by atoms with Gasteiger partial charge in [0.1, 0.15) is 5.82 Å². The standard InChI is InChI=1S/C17H21N3/c1-12-10-13(2)19-17(15(12)11-18-3)20-9-8-14-6-4-5-7-16(14)20/h4-7,10,18H,8-9,11H2,1-3H3. The van der Waals surface area contributed by atoms with Crippen LogP contribution in [0, 0.1) is 13.8 Å². The summed E-state index contributed by atoms with van der Waals surface area (Å²) in [6.45, 7) is 6.12. The maximum Gasteiger partial charge on any atom is 0.138 e. The van der Waals surface area contributed by atoms with Gasteiger partial charge in [-0.1, -0.05) is 18.2 Å². The summed E-state index contributed by atoms with van der Waals surface area (Å²) in [6, 6.07) is 10.8. The highest BCUT2D eigenvalue weighted by molar-refractivity contribution is 5.70. The summed E-state index contributed by atoms with van der Waals surface area (Å²) >= 11 is 0. The minimum atomic E-state index is 0.854. The van der Waals surface area contributed by atoms with E-state index in [-0.39, 0.29) is 0 Å². The Morgan fingerprint density at radius 3 is 2.85 bits per heavy atom. The molecule has 1 aromatic heterocycles. The number of rotatable bonds is 3. The molecule has 0 spiro atoms. The third-order valence-electron chi connectivity index (χ3n) is 3.95. The van der Waals surface area contributed by atoms with Crippen LogP contribution in [0.3, 0.4) is 0 Å². The number of benzene rings is 1. The maximum absolute atomic E-state index is 4.82. The number of fused-ring (bicyclic) bond motifs is 1. The van der Waals surface area contributed by atoms with Crippen molar-refractivity contribution in [2.75, 3.05) is 18.5 Å². The van der Waals surface area contributed by atoms with E-state index in [4.69, 9.17) is 4.98 Å². The van der Waals surface area contributed by atoms with Gasteiger partial charge in [0.15, 0.2) is 0 Å². The number of aromatic nitrogens is 1. The molecule has 0 amide bonds. The van der Waals surface area contributed by atoms with Crippen molar-refractivity contribution in [2.24, 2.45) is 0 Å². The SMILES string of the molecule is CNCc1c(C)cc(C)nc1N1CCc2ccccc21. The van der Waals surface area contributed by atoms with Gasteiger partial charge in [0.05, 0.1) is 0 Å². The number of hydrogen-bond donors (Lipinski definition) is 1. The molecule has 1 aromatic carbocycles. The summed E-state index contributed by atoms with van der Waals surface area (Å²) in [4.78, 5) is 7.18. The Morgan fingerprint density at radius 2 is 2.05 bits per heavy atom. The number of aryl methyl sites for hydroxylation is 2. The van der Waals surface area contributed by atoms with Crippen LogP contribution < -0.4 is 10.2 Å². The third-order valence-corrected chi connectivity index (χ3v) is 3.95. The van der Waals surface area contributed by atoms with Gasteiger partial charge in [-0.05, 0) is 50.6 Å². The Kier molecular flexibility index (Phi) is 3.45. The van der Waals surface area contributed by atoms with Crippen molar-refractivity contribution in [3.05, 3.63) is 52.7 Å². The van der Waals surface area contributed by atoms with Gasteiger partial charge in [0.2, 0.25) is 0 Å². The van der Waals surface area contributed by atoms with E-state index in [0.29, 0.717) is 0 Å². The first-order valence-electron chi connectivity index (χ1n) is 7.18. The molecule has 104 valence electrons. The number of hydrogen-bond acceptors (Lipinski definition) is 3. The van der Waals surface area contributed by atoms with Crippen molar-refractivity contribution in [1.82, 2.24) is 10.3 Å².